The van der Waals surface area contributed by atoms with Crippen molar-refractivity contribution in [2.45, 2.75) is 70.9 Å². The van der Waals surface area contributed by atoms with Crippen molar-refractivity contribution in [2.24, 2.45) is 17.8 Å². The van der Waals surface area contributed by atoms with Crippen LogP contribution < -0.4 is 10.4 Å². The van der Waals surface area contributed by atoms with Gasteiger partial charge in [0.05, 0.1) is 0 Å². The van der Waals surface area contributed by atoms with E-state index in [1.807, 2.05) is 0 Å². The highest BCUT2D eigenvalue weighted by molar-refractivity contribution is 6.99. The summed E-state index contributed by atoms with van der Waals surface area (Å²) in [5.74, 6) is 1.60. The number of ketones is 1. The van der Waals surface area contributed by atoms with Gasteiger partial charge in [0, 0.05) is 18.4 Å². The van der Waals surface area contributed by atoms with Crippen LogP contribution in [-0.2, 0) is 9.22 Å². The van der Waals surface area contributed by atoms with Gasteiger partial charge in [0.1, 0.15) is 5.78 Å². The van der Waals surface area contributed by atoms with Crippen molar-refractivity contribution in [1.82, 2.24) is 0 Å². The zero-order valence-electron chi connectivity index (χ0n) is 18.9. The standard InChI is InChI=1S/C27H36O2Si/c1-20-18-19-23-24(28)16-11-17-25(26(20)23)29-30(27(2,3)4,21-12-7-5-8-13-21)22-14-9-6-10-15-22/h5-10,12-15,20,23,25-26H,11,16-19H2,1-4H3/t20-,23+,25-,26-/m1/s1. The number of fused-ring (bicyclic) bond motifs is 1. The van der Waals surface area contributed by atoms with Crippen LogP contribution in [0.15, 0.2) is 60.7 Å². The maximum Gasteiger partial charge on any atom is 0.261 e. The predicted molar refractivity (Wildman–Crippen MR) is 127 cm³/mol. The Bertz CT molecular complexity index is 816. The molecule has 0 radical (unpaired) electrons. The van der Waals surface area contributed by atoms with Crippen LogP contribution in [-0.4, -0.2) is 20.2 Å². The summed E-state index contributed by atoms with van der Waals surface area (Å²) >= 11 is 0. The Labute approximate surface area is 183 Å². The molecule has 4 rings (SSSR count). The molecule has 2 aromatic rings. The molecule has 0 heterocycles. The normalized spacial score (nSPS) is 27.5. The average molecular weight is 421 g/mol. The molecular formula is C27H36O2Si. The highest BCUT2D eigenvalue weighted by atomic mass is 28.4. The lowest BCUT2D eigenvalue weighted by molar-refractivity contribution is -0.124. The van der Waals surface area contributed by atoms with Crippen LogP contribution >= 0.6 is 0 Å². The third-order valence-corrected chi connectivity index (χ3v) is 12.6. The van der Waals surface area contributed by atoms with Gasteiger partial charge in [-0.3, -0.25) is 4.79 Å². The molecule has 160 valence electrons. The Morgan fingerprint density at radius 3 is 1.97 bits per heavy atom. The number of benzene rings is 2. The summed E-state index contributed by atoms with van der Waals surface area (Å²) in [4.78, 5) is 12.8. The highest BCUT2D eigenvalue weighted by Crippen LogP contribution is 2.47. The fourth-order valence-corrected chi connectivity index (χ4v) is 10.9. The number of hydrogen-bond acceptors (Lipinski definition) is 2. The molecule has 3 heteroatoms. The van der Waals surface area contributed by atoms with E-state index in [9.17, 15) is 4.79 Å². The molecule has 2 fully saturated rings. The summed E-state index contributed by atoms with van der Waals surface area (Å²) in [6.07, 6.45) is 5.05. The Hall–Kier alpha value is -1.71. The minimum absolute atomic E-state index is 0.0244. The van der Waals surface area contributed by atoms with Crippen LogP contribution in [0.3, 0.4) is 0 Å². The van der Waals surface area contributed by atoms with E-state index in [0.717, 1.165) is 32.1 Å². The van der Waals surface area contributed by atoms with E-state index in [1.165, 1.54) is 10.4 Å². The molecule has 0 spiro atoms. The third kappa shape index (κ3) is 3.71. The summed E-state index contributed by atoms with van der Waals surface area (Å²) in [7, 11) is -2.58. The maximum absolute atomic E-state index is 12.8. The zero-order chi connectivity index (χ0) is 21.4. The predicted octanol–water partition coefficient (Wildman–Crippen LogP) is 5.35. The minimum Gasteiger partial charge on any atom is -0.404 e. The van der Waals surface area contributed by atoms with Crippen LogP contribution in [0, 0.1) is 17.8 Å². The van der Waals surface area contributed by atoms with E-state index in [2.05, 4.69) is 88.4 Å². The van der Waals surface area contributed by atoms with Gasteiger partial charge in [0.15, 0.2) is 0 Å². The number of Topliss-reactive ketones (excluding diaryl/α,β-unsaturated/α-hetero) is 1. The molecule has 0 saturated heterocycles. The van der Waals surface area contributed by atoms with Crippen LogP contribution in [0.1, 0.15) is 59.8 Å². The van der Waals surface area contributed by atoms with Crippen molar-refractivity contribution in [3.63, 3.8) is 0 Å². The molecule has 0 N–H and O–H groups in total. The van der Waals surface area contributed by atoms with Crippen molar-refractivity contribution in [3.05, 3.63) is 60.7 Å². The first kappa shape index (κ1) is 21.5. The Balaban J connectivity index is 1.85. The summed E-state index contributed by atoms with van der Waals surface area (Å²) < 4.78 is 7.51. The minimum atomic E-state index is -2.58. The topological polar surface area (TPSA) is 26.3 Å². The monoisotopic (exact) mass is 420 g/mol. The van der Waals surface area contributed by atoms with E-state index >= 15 is 0 Å². The van der Waals surface area contributed by atoms with Gasteiger partial charge in [-0.15, -0.1) is 0 Å². The molecule has 0 bridgehead atoms. The van der Waals surface area contributed by atoms with E-state index in [1.54, 1.807) is 0 Å². The van der Waals surface area contributed by atoms with Crippen LogP contribution in [0.5, 0.6) is 0 Å². The van der Waals surface area contributed by atoms with E-state index < -0.39 is 8.32 Å². The molecule has 0 aromatic heterocycles. The van der Waals surface area contributed by atoms with Gasteiger partial charge in [0.2, 0.25) is 0 Å². The summed E-state index contributed by atoms with van der Waals surface area (Å²) in [5.41, 5.74) is 0. The molecule has 2 aliphatic carbocycles. The van der Waals surface area contributed by atoms with Crippen molar-refractivity contribution < 1.29 is 9.22 Å². The Morgan fingerprint density at radius 1 is 0.867 bits per heavy atom. The molecule has 2 saturated carbocycles. The lowest BCUT2D eigenvalue weighted by atomic mass is 9.84. The summed E-state index contributed by atoms with van der Waals surface area (Å²) in [6, 6.07) is 21.8. The first-order valence-corrected chi connectivity index (χ1v) is 13.6. The van der Waals surface area contributed by atoms with Crippen LogP contribution in [0.4, 0.5) is 0 Å². The van der Waals surface area contributed by atoms with Gasteiger partial charge < -0.3 is 4.43 Å². The largest absolute Gasteiger partial charge is 0.404 e. The first-order valence-electron chi connectivity index (χ1n) is 11.7. The quantitative estimate of drug-likeness (QED) is 0.624. The van der Waals surface area contributed by atoms with Gasteiger partial charge in [-0.25, -0.2) is 0 Å². The molecule has 4 atom stereocenters. The molecular weight excluding hydrogens is 384 g/mol. The summed E-state index contributed by atoms with van der Waals surface area (Å²) in [5, 5.41) is 2.64. The maximum atomic E-state index is 12.8. The number of rotatable bonds is 4. The highest BCUT2D eigenvalue weighted by Gasteiger charge is 2.54. The first-order chi connectivity index (χ1) is 14.3. The Kier molecular flexibility index (Phi) is 6.05. The Morgan fingerprint density at radius 2 is 1.43 bits per heavy atom. The molecule has 0 amide bonds. The molecule has 2 nitrogen and oxygen atoms in total. The van der Waals surface area contributed by atoms with Gasteiger partial charge >= 0.3 is 0 Å². The molecule has 2 aromatic carbocycles. The SMILES string of the molecule is C[C@@H]1CC[C@H]2C(=O)CCC[C@@H](O[Si](c3ccccc3)(c3ccccc3)C(C)(C)C)[C@H]12. The summed E-state index contributed by atoms with van der Waals surface area (Å²) in [6.45, 7) is 9.37. The molecule has 0 aliphatic heterocycles. The molecule has 30 heavy (non-hydrogen) atoms. The number of carbonyl (C=O) groups is 1. The fourth-order valence-electron chi connectivity index (χ4n) is 6.14. The van der Waals surface area contributed by atoms with Crippen LogP contribution in [0.2, 0.25) is 5.04 Å². The second-order valence-electron chi connectivity index (χ2n) is 10.4. The van der Waals surface area contributed by atoms with Crippen molar-refractivity contribution in [3.8, 4) is 0 Å². The van der Waals surface area contributed by atoms with Crippen molar-refractivity contribution in [2.75, 3.05) is 0 Å². The number of hydrogen-bond donors (Lipinski definition) is 0. The van der Waals surface area contributed by atoms with E-state index in [0.29, 0.717) is 17.6 Å². The average Bonchev–Trinajstić information content (AvgIpc) is 3.04. The lowest BCUT2D eigenvalue weighted by Crippen LogP contribution is -2.68. The smallest absolute Gasteiger partial charge is 0.261 e. The van der Waals surface area contributed by atoms with Crippen molar-refractivity contribution >= 4 is 24.5 Å². The second-order valence-corrected chi connectivity index (χ2v) is 14.7. The lowest BCUT2D eigenvalue weighted by Gasteiger charge is -2.47. The van der Waals surface area contributed by atoms with Gasteiger partial charge in [-0.05, 0) is 52.9 Å². The van der Waals surface area contributed by atoms with Crippen LogP contribution in [0.25, 0.3) is 0 Å². The fraction of sp³-hybridized carbons (Fsp3) is 0.519. The number of carbonyl (C=O) groups excluding carboxylic acids is 1. The van der Waals surface area contributed by atoms with Crippen molar-refractivity contribution in [1.29, 1.82) is 0 Å². The van der Waals surface area contributed by atoms with Gasteiger partial charge in [-0.2, -0.15) is 0 Å². The third-order valence-electron chi connectivity index (χ3n) is 7.55. The molecule has 2 aliphatic rings. The van der Waals surface area contributed by atoms with E-state index in [4.69, 9.17) is 4.43 Å². The second kappa shape index (κ2) is 8.43. The van der Waals surface area contributed by atoms with Gasteiger partial charge in [0.25, 0.3) is 8.32 Å². The van der Waals surface area contributed by atoms with E-state index in [-0.39, 0.29) is 17.1 Å². The van der Waals surface area contributed by atoms with Gasteiger partial charge in [-0.1, -0.05) is 88.4 Å². The molecule has 0 unspecified atom stereocenters. The zero-order valence-corrected chi connectivity index (χ0v) is 19.9.